The van der Waals surface area contributed by atoms with E-state index in [1.54, 1.807) is 24.1 Å². The van der Waals surface area contributed by atoms with Crippen molar-refractivity contribution in [1.82, 2.24) is 9.78 Å². The van der Waals surface area contributed by atoms with E-state index in [0.29, 0.717) is 5.69 Å². The van der Waals surface area contributed by atoms with Crippen molar-refractivity contribution in [3.05, 3.63) is 76.4 Å². The lowest BCUT2D eigenvalue weighted by molar-refractivity contribution is -0.384. The number of aromatic nitrogens is 2. The molecule has 25 heavy (non-hydrogen) atoms. The summed E-state index contributed by atoms with van der Waals surface area (Å²) in [7, 11) is 1.60. The second-order valence-corrected chi connectivity index (χ2v) is 5.22. The summed E-state index contributed by atoms with van der Waals surface area (Å²) >= 11 is 0. The van der Waals surface area contributed by atoms with Gasteiger partial charge in [-0.1, -0.05) is 0 Å². The lowest BCUT2D eigenvalue weighted by Crippen LogP contribution is -2.04. The first-order chi connectivity index (χ1) is 12.1. The summed E-state index contributed by atoms with van der Waals surface area (Å²) in [5, 5.41) is 18.3. The van der Waals surface area contributed by atoms with Crippen molar-refractivity contribution in [3.8, 4) is 11.4 Å². The number of hydrogen-bond donors (Lipinski definition) is 1. The maximum absolute atomic E-state index is 13.3. The summed E-state index contributed by atoms with van der Waals surface area (Å²) in [6.45, 7) is 0.230. The Morgan fingerprint density at radius 3 is 2.68 bits per heavy atom. The number of nitrogens with zero attached hydrogens (tertiary/aromatic N) is 3. The Morgan fingerprint density at radius 1 is 1.24 bits per heavy atom. The van der Waals surface area contributed by atoms with Crippen LogP contribution in [0.5, 0.6) is 5.75 Å². The lowest BCUT2D eigenvalue weighted by Gasteiger charge is -2.06. The number of ether oxygens (including phenoxy) is 1. The molecule has 0 atom stereocenters. The number of halogens is 1. The highest BCUT2D eigenvalue weighted by atomic mass is 19.1. The Kier molecular flexibility index (Phi) is 4.60. The van der Waals surface area contributed by atoms with Crippen molar-refractivity contribution in [2.24, 2.45) is 0 Å². The molecule has 0 bridgehead atoms. The Bertz CT molecular complexity index is 893. The second-order valence-electron chi connectivity index (χ2n) is 5.22. The number of rotatable bonds is 6. The molecule has 7 nitrogen and oxygen atoms in total. The molecule has 3 rings (SSSR count). The third-order valence-corrected chi connectivity index (χ3v) is 3.60. The SMILES string of the molecule is COc1ccc(-n2ccc(CNc3cc(F)ccc3[N+](=O)[O-])n2)cc1. The highest BCUT2D eigenvalue weighted by Gasteiger charge is 2.14. The molecule has 0 radical (unpaired) electrons. The highest BCUT2D eigenvalue weighted by Crippen LogP contribution is 2.25. The van der Waals surface area contributed by atoms with Crippen LogP contribution in [0.2, 0.25) is 0 Å². The fourth-order valence-electron chi connectivity index (χ4n) is 2.33. The highest BCUT2D eigenvalue weighted by molar-refractivity contribution is 5.61. The Morgan fingerprint density at radius 2 is 2.00 bits per heavy atom. The number of nitro benzene ring substituents is 1. The summed E-state index contributed by atoms with van der Waals surface area (Å²) in [4.78, 5) is 10.4. The lowest BCUT2D eigenvalue weighted by atomic mass is 10.2. The van der Waals surface area contributed by atoms with E-state index in [-0.39, 0.29) is 17.9 Å². The number of methoxy groups -OCH3 is 1. The van der Waals surface area contributed by atoms with Gasteiger partial charge in [-0.05, 0) is 36.4 Å². The maximum atomic E-state index is 13.3. The Labute approximate surface area is 142 Å². The number of hydrogen-bond acceptors (Lipinski definition) is 5. The van der Waals surface area contributed by atoms with Gasteiger partial charge in [0, 0.05) is 18.3 Å². The molecule has 0 aliphatic carbocycles. The first-order valence-corrected chi connectivity index (χ1v) is 7.43. The molecule has 2 aromatic carbocycles. The largest absolute Gasteiger partial charge is 0.497 e. The van der Waals surface area contributed by atoms with Crippen molar-refractivity contribution in [1.29, 1.82) is 0 Å². The van der Waals surface area contributed by atoms with E-state index in [0.717, 1.165) is 29.6 Å². The minimum atomic E-state index is -0.558. The second kappa shape index (κ2) is 7.00. The zero-order valence-corrected chi connectivity index (χ0v) is 13.3. The molecule has 1 heterocycles. The van der Waals surface area contributed by atoms with E-state index >= 15 is 0 Å². The van der Waals surface area contributed by atoms with Crippen LogP contribution in [0.3, 0.4) is 0 Å². The van der Waals surface area contributed by atoms with Gasteiger partial charge in [-0.15, -0.1) is 0 Å². The van der Waals surface area contributed by atoms with E-state index < -0.39 is 10.7 Å². The molecular weight excluding hydrogens is 327 g/mol. The molecule has 128 valence electrons. The van der Waals surface area contributed by atoms with Crippen molar-refractivity contribution >= 4 is 11.4 Å². The van der Waals surface area contributed by atoms with Crippen LogP contribution in [0.1, 0.15) is 5.69 Å². The summed E-state index contributed by atoms with van der Waals surface area (Å²) in [5.74, 6) is 0.202. The van der Waals surface area contributed by atoms with E-state index in [1.807, 2.05) is 24.3 Å². The van der Waals surface area contributed by atoms with Gasteiger partial charge in [-0.2, -0.15) is 5.10 Å². The smallest absolute Gasteiger partial charge is 0.292 e. The topological polar surface area (TPSA) is 82.2 Å². The first kappa shape index (κ1) is 16.4. The van der Waals surface area contributed by atoms with Crippen LogP contribution in [-0.2, 0) is 6.54 Å². The summed E-state index contributed by atoms with van der Waals surface area (Å²) in [5.41, 5.74) is 1.44. The van der Waals surface area contributed by atoms with Crippen LogP contribution < -0.4 is 10.1 Å². The fraction of sp³-hybridized carbons (Fsp3) is 0.118. The molecule has 0 amide bonds. The average molecular weight is 342 g/mol. The predicted molar refractivity (Wildman–Crippen MR) is 90.5 cm³/mol. The fourth-order valence-corrected chi connectivity index (χ4v) is 2.33. The van der Waals surface area contributed by atoms with Gasteiger partial charge in [-0.25, -0.2) is 9.07 Å². The molecule has 0 aliphatic heterocycles. The van der Waals surface area contributed by atoms with Gasteiger partial charge in [0.05, 0.1) is 30.0 Å². The molecule has 0 fully saturated rings. The van der Waals surface area contributed by atoms with E-state index in [9.17, 15) is 14.5 Å². The van der Waals surface area contributed by atoms with Crippen LogP contribution in [0.25, 0.3) is 5.69 Å². The average Bonchev–Trinajstić information content (AvgIpc) is 3.09. The third-order valence-electron chi connectivity index (χ3n) is 3.60. The monoisotopic (exact) mass is 342 g/mol. The molecule has 0 unspecified atom stereocenters. The summed E-state index contributed by atoms with van der Waals surface area (Å²) < 4.78 is 20.1. The van der Waals surface area contributed by atoms with Crippen LogP contribution in [0.15, 0.2) is 54.7 Å². The predicted octanol–water partition coefficient (Wildman–Crippen LogP) is 3.54. The van der Waals surface area contributed by atoms with Crippen LogP contribution in [-0.4, -0.2) is 21.8 Å². The van der Waals surface area contributed by atoms with E-state index in [1.165, 1.54) is 0 Å². The number of nitro groups is 1. The Hall–Kier alpha value is -3.42. The quantitative estimate of drug-likeness (QED) is 0.547. The van der Waals surface area contributed by atoms with Gasteiger partial charge in [0.2, 0.25) is 0 Å². The van der Waals surface area contributed by atoms with Crippen molar-refractivity contribution in [2.45, 2.75) is 6.54 Å². The van der Waals surface area contributed by atoms with Crippen molar-refractivity contribution < 1.29 is 14.1 Å². The maximum Gasteiger partial charge on any atom is 0.292 e. The zero-order valence-electron chi connectivity index (χ0n) is 13.3. The summed E-state index contributed by atoms with van der Waals surface area (Å²) in [6, 6.07) is 12.4. The number of benzene rings is 2. The molecule has 0 saturated heterocycles. The normalized spacial score (nSPS) is 10.5. The van der Waals surface area contributed by atoms with Gasteiger partial charge >= 0.3 is 0 Å². The summed E-state index contributed by atoms with van der Waals surface area (Å²) in [6.07, 6.45) is 1.78. The third kappa shape index (κ3) is 3.74. The molecule has 8 heteroatoms. The minimum Gasteiger partial charge on any atom is -0.497 e. The number of nitrogens with one attached hydrogen (secondary N) is 1. The molecule has 0 saturated carbocycles. The van der Waals surface area contributed by atoms with Gasteiger partial charge in [-0.3, -0.25) is 10.1 Å². The van der Waals surface area contributed by atoms with Gasteiger partial charge in [0.25, 0.3) is 5.69 Å². The zero-order chi connectivity index (χ0) is 17.8. The number of anilines is 1. The molecule has 0 aliphatic rings. The van der Waals surface area contributed by atoms with Crippen molar-refractivity contribution in [2.75, 3.05) is 12.4 Å². The molecule has 1 aromatic heterocycles. The van der Waals surface area contributed by atoms with Gasteiger partial charge in [0.1, 0.15) is 17.3 Å². The van der Waals surface area contributed by atoms with Crippen LogP contribution >= 0.6 is 0 Å². The van der Waals surface area contributed by atoms with Crippen molar-refractivity contribution in [3.63, 3.8) is 0 Å². The first-order valence-electron chi connectivity index (χ1n) is 7.43. The standard InChI is InChI=1S/C17H15FN4O3/c1-25-15-5-3-14(4-6-15)21-9-8-13(20-21)11-19-16-10-12(18)2-7-17(16)22(23)24/h2-10,19H,11H2,1H3. The van der Waals surface area contributed by atoms with Gasteiger partial charge in [0.15, 0.2) is 0 Å². The van der Waals surface area contributed by atoms with Gasteiger partial charge < -0.3 is 10.1 Å². The molecule has 0 spiro atoms. The Balaban J connectivity index is 1.74. The van der Waals surface area contributed by atoms with Crippen LogP contribution in [0.4, 0.5) is 15.8 Å². The minimum absolute atomic E-state index is 0.115. The molecule has 1 N–H and O–H groups in total. The van der Waals surface area contributed by atoms with E-state index in [4.69, 9.17) is 4.74 Å². The van der Waals surface area contributed by atoms with E-state index in [2.05, 4.69) is 10.4 Å². The van der Waals surface area contributed by atoms with Crippen LogP contribution in [0, 0.1) is 15.9 Å². The molecular formula is C17H15FN4O3. The molecule has 3 aromatic rings.